The van der Waals surface area contributed by atoms with Gasteiger partial charge in [0, 0.05) is 6.04 Å². The van der Waals surface area contributed by atoms with E-state index in [0.717, 1.165) is 0 Å². The Morgan fingerprint density at radius 2 is 1.42 bits per heavy atom. The number of nitrogens with zero attached hydrogens (tertiary/aromatic N) is 1. The van der Waals surface area contributed by atoms with Crippen LogP contribution >= 0.6 is 0 Å². The van der Waals surface area contributed by atoms with Crippen LogP contribution in [0, 0.1) is 5.92 Å². The second-order valence-corrected chi connectivity index (χ2v) is 4.74. The van der Waals surface area contributed by atoms with Crippen LogP contribution in [0.5, 0.6) is 0 Å². The van der Waals surface area contributed by atoms with Crippen molar-refractivity contribution in [3.8, 4) is 0 Å². The Hall–Kier alpha value is -1.31. The number of hydrogen-bond donors (Lipinski definition) is 2. The highest BCUT2D eigenvalue weighted by molar-refractivity contribution is 5.72. The fourth-order valence-corrected chi connectivity index (χ4v) is 2.43. The maximum absolute atomic E-state index is 12.5. The van der Waals surface area contributed by atoms with Crippen molar-refractivity contribution in [2.24, 2.45) is 5.92 Å². The summed E-state index contributed by atoms with van der Waals surface area (Å²) in [6.45, 7) is -0.929. The Labute approximate surface area is 108 Å². The molecule has 0 spiro atoms. The zero-order valence-electron chi connectivity index (χ0n) is 10.2. The number of carboxylic acids is 2. The fraction of sp³-hybridized carbons (Fsp3) is 0.818. The lowest BCUT2D eigenvalue weighted by Gasteiger charge is -2.35. The molecule has 0 radical (unpaired) electrons. The van der Waals surface area contributed by atoms with Gasteiger partial charge < -0.3 is 10.2 Å². The van der Waals surface area contributed by atoms with E-state index in [1.165, 1.54) is 4.90 Å². The highest BCUT2D eigenvalue weighted by atomic mass is 19.4. The second kappa shape index (κ2) is 6.23. The van der Waals surface area contributed by atoms with Gasteiger partial charge in [0.05, 0.1) is 19.0 Å². The highest BCUT2D eigenvalue weighted by Crippen LogP contribution is 2.38. The minimum Gasteiger partial charge on any atom is -0.480 e. The zero-order chi connectivity index (χ0) is 14.6. The molecule has 0 aliphatic heterocycles. The van der Waals surface area contributed by atoms with Crippen LogP contribution in [-0.2, 0) is 9.59 Å². The normalized spacial score (nSPS) is 24.4. The van der Waals surface area contributed by atoms with Crippen molar-refractivity contribution in [1.82, 2.24) is 4.90 Å². The number of hydrogen-bond acceptors (Lipinski definition) is 3. The van der Waals surface area contributed by atoms with Crippen molar-refractivity contribution in [2.45, 2.75) is 37.9 Å². The third-order valence-electron chi connectivity index (χ3n) is 3.35. The molecule has 0 heterocycles. The summed E-state index contributed by atoms with van der Waals surface area (Å²) in [5, 5.41) is 17.4. The smallest absolute Gasteiger partial charge is 0.391 e. The number of aliphatic carboxylic acids is 2. The Kier molecular flexibility index (Phi) is 5.16. The monoisotopic (exact) mass is 283 g/mol. The predicted molar refractivity (Wildman–Crippen MR) is 58.6 cm³/mol. The maximum Gasteiger partial charge on any atom is 0.391 e. The molecule has 0 bridgehead atoms. The Balaban J connectivity index is 2.58. The molecule has 1 rings (SSSR count). The molecule has 0 aromatic carbocycles. The second-order valence-electron chi connectivity index (χ2n) is 4.74. The van der Waals surface area contributed by atoms with Gasteiger partial charge >= 0.3 is 18.1 Å². The summed E-state index contributed by atoms with van der Waals surface area (Å²) in [4.78, 5) is 22.5. The average molecular weight is 283 g/mol. The SMILES string of the molecule is O=C(O)CN(CC(=O)O)C1CCC(C(F)(F)F)CC1. The van der Waals surface area contributed by atoms with Crippen LogP contribution < -0.4 is 0 Å². The molecule has 0 aromatic rings. The van der Waals surface area contributed by atoms with Crippen LogP contribution in [0.2, 0.25) is 0 Å². The van der Waals surface area contributed by atoms with E-state index in [1.54, 1.807) is 0 Å². The van der Waals surface area contributed by atoms with E-state index in [4.69, 9.17) is 10.2 Å². The van der Waals surface area contributed by atoms with Crippen molar-refractivity contribution < 1.29 is 33.0 Å². The molecular formula is C11H16F3NO4. The van der Waals surface area contributed by atoms with Gasteiger partial charge in [0.2, 0.25) is 0 Å². The molecule has 5 nitrogen and oxygen atoms in total. The lowest BCUT2D eigenvalue weighted by molar-refractivity contribution is -0.185. The number of rotatable bonds is 5. The standard InChI is InChI=1S/C11H16F3NO4/c12-11(13,14)7-1-3-8(4-2-7)15(5-9(16)17)6-10(18)19/h7-8H,1-6H2,(H,16,17)(H,18,19). The van der Waals surface area contributed by atoms with Gasteiger partial charge in [-0.05, 0) is 25.7 Å². The van der Waals surface area contributed by atoms with Crippen molar-refractivity contribution in [2.75, 3.05) is 13.1 Å². The van der Waals surface area contributed by atoms with Gasteiger partial charge in [0.1, 0.15) is 0 Å². The summed E-state index contributed by atoms with van der Waals surface area (Å²) < 4.78 is 37.5. The molecule has 8 heteroatoms. The predicted octanol–water partition coefficient (Wildman–Crippen LogP) is 1.58. The van der Waals surface area contributed by atoms with E-state index in [1.807, 2.05) is 0 Å². The lowest BCUT2D eigenvalue weighted by Crippen LogP contribution is -2.45. The zero-order valence-corrected chi connectivity index (χ0v) is 10.2. The summed E-state index contributed by atoms with van der Waals surface area (Å²) in [5.74, 6) is -3.72. The van der Waals surface area contributed by atoms with E-state index in [-0.39, 0.29) is 25.7 Å². The lowest BCUT2D eigenvalue weighted by atomic mass is 9.85. The van der Waals surface area contributed by atoms with Gasteiger partial charge in [-0.2, -0.15) is 13.2 Å². The molecule has 2 N–H and O–H groups in total. The maximum atomic E-state index is 12.5. The Bertz CT molecular complexity index is 321. The van der Waals surface area contributed by atoms with Crippen molar-refractivity contribution in [3.05, 3.63) is 0 Å². The van der Waals surface area contributed by atoms with Gasteiger partial charge in [-0.15, -0.1) is 0 Å². The van der Waals surface area contributed by atoms with Gasteiger partial charge in [0.15, 0.2) is 0 Å². The van der Waals surface area contributed by atoms with Crippen LogP contribution in [0.3, 0.4) is 0 Å². The molecule has 1 aliphatic carbocycles. The molecule has 1 saturated carbocycles. The number of alkyl halides is 3. The molecule has 1 fully saturated rings. The van der Waals surface area contributed by atoms with Crippen LogP contribution in [0.25, 0.3) is 0 Å². The molecule has 0 atom stereocenters. The summed E-state index contributed by atoms with van der Waals surface area (Å²) in [6.07, 6.45) is -4.04. The number of halogens is 3. The minimum atomic E-state index is -4.23. The Morgan fingerprint density at radius 1 is 1.00 bits per heavy atom. The van der Waals surface area contributed by atoms with E-state index in [2.05, 4.69) is 0 Å². The third kappa shape index (κ3) is 5.06. The van der Waals surface area contributed by atoms with Gasteiger partial charge in [-0.1, -0.05) is 0 Å². The van der Waals surface area contributed by atoms with Crippen LogP contribution in [0.15, 0.2) is 0 Å². The first-order valence-corrected chi connectivity index (χ1v) is 5.94. The summed E-state index contributed by atoms with van der Waals surface area (Å²) in [5.41, 5.74) is 0. The van der Waals surface area contributed by atoms with E-state index in [0.29, 0.717) is 0 Å². The summed E-state index contributed by atoms with van der Waals surface area (Å²) in [7, 11) is 0. The van der Waals surface area contributed by atoms with Crippen LogP contribution in [-0.4, -0.2) is 52.4 Å². The third-order valence-corrected chi connectivity index (χ3v) is 3.35. The highest BCUT2D eigenvalue weighted by Gasteiger charge is 2.42. The molecule has 0 amide bonds. The summed E-state index contributed by atoms with van der Waals surface area (Å²) in [6, 6.07) is -0.411. The largest absolute Gasteiger partial charge is 0.480 e. The minimum absolute atomic E-state index is 0.0795. The van der Waals surface area contributed by atoms with Gasteiger partial charge in [-0.3, -0.25) is 14.5 Å². The van der Waals surface area contributed by atoms with E-state index in [9.17, 15) is 22.8 Å². The first kappa shape index (κ1) is 15.7. The fourth-order valence-electron chi connectivity index (χ4n) is 2.43. The number of carboxylic acid groups (broad SMARTS) is 2. The molecule has 0 unspecified atom stereocenters. The molecule has 19 heavy (non-hydrogen) atoms. The topological polar surface area (TPSA) is 77.8 Å². The first-order chi connectivity index (χ1) is 8.70. The number of carbonyl (C=O) groups is 2. The van der Waals surface area contributed by atoms with Crippen molar-refractivity contribution in [3.63, 3.8) is 0 Å². The quantitative estimate of drug-likeness (QED) is 0.801. The first-order valence-electron chi connectivity index (χ1n) is 5.94. The van der Waals surface area contributed by atoms with E-state index < -0.39 is 43.2 Å². The van der Waals surface area contributed by atoms with Crippen molar-refractivity contribution in [1.29, 1.82) is 0 Å². The Morgan fingerprint density at radius 3 is 1.74 bits per heavy atom. The molecule has 1 aliphatic rings. The van der Waals surface area contributed by atoms with Crippen molar-refractivity contribution >= 4 is 11.9 Å². The van der Waals surface area contributed by atoms with Gasteiger partial charge in [0.25, 0.3) is 0 Å². The molecular weight excluding hydrogens is 267 g/mol. The van der Waals surface area contributed by atoms with Gasteiger partial charge in [-0.25, -0.2) is 0 Å². The molecule has 0 aromatic heterocycles. The van der Waals surface area contributed by atoms with Crippen LogP contribution in [0.4, 0.5) is 13.2 Å². The van der Waals surface area contributed by atoms with Crippen LogP contribution in [0.1, 0.15) is 25.7 Å². The van der Waals surface area contributed by atoms with E-state index >= 15 is 0 Å². The average Bonchev–Trinajstić information content (AvgIpc) is 2.26. The molecule has 110 valence electrons. The molecule has 0 saturated heterocycles. The summed E-state index contributed by atoms with van der Waals surface area (Å²) >= 11 is 0.